The van der Waals surface area contributed by atoms with Crippen LogP contribution in [0.5, 0.6) is 0 Å². The molecule has 0 saturated heterocycles. The highest BCUT2D eigenvalue weighted by Crippen LogP contribution is 2.27. The topological polar surface area (TPSA) is 73.0 Å². The molecule has 3 heterocycles. The Morgan fingerprint density at radius 1 is 1.13 bits per heavy atom. The molecule has 1 amide bonds. The van der Waals surface area contributed by atoms with Crippen LogP contribution in [-0.2, 0) is 17.9 Å². The van der Waals surface area contributed by atoms with Crippen molar-refractivity contribution in [3.05, 3.63) is 40.8 Å². The van der Waals surface area contributed by atoms with Crippen molar-refractivity contribution in [3.8, 4) is 5.69 Å². The molecule has 1 aliphatic carbocycles. The van der Waals surface area contributed by atoms with E-state index in [9.17, 15) is 9.59 Å². The van der Waals surface area contributed by atoms with Crippen LogP contribution >= 0.6 is 0 Å². The van der Waals surface area contributed by atoms with Crippen LogP contribution in [0.15, 0.2) is 29.3 Å². The Labute approximate surface area is 133 Å². The van der Waals surface area contributed by atoms with Crippen LogP contribution < -0.4 is 5.69 Å². The van der Waals surface area contributed by atoms with E-state index in [2.05, 4.69) is 10.1 Å². The number of hydrogen-bond donors (Lipinski definition) is 0. The van der Waals surface area contributed by atoms with Crippen molar-refractivity contribution in [2.45, 2.75) is 38.8 Å². The monoisotopic (exact) mass is 313 g/mol. The number of hydrogen-bond acceptors (Lipinski definition) is 4. The second-order valence-electron chi connectivity index (χ2n) is 6.21. The summed E-state index contributed by atoms with van der Waals surface area (Å²) in [6, 6.07) is 3.50. The van der Waals surface area contributed by atoms with E-state index in [0.29, 0.717) is 31.1 Å². The summed E-state index contributed by atoms with van der Waals surface area (Å²) in [5.74, 6) is 1.04. The van der Waals surface area contributed by atoms with Crippen molar-refractivity contribution in [2.24, 2.45) is 5.92 Å². The first-order chi connectivity index (χ1) is 11.2. The zero-order valence-corrected chi connectivity index (χ0v) is 12.9. The molecule has 2 aromatic heterocycles. The molecule has 0 bridgehead atoms. The van der Waals surface area contributed by atoms with Gasteiger partial charge in [-0.05, 0) is 25.0 Å². The van der Waals surface area contributed by atoms with Gasteiger partial charge in [0.2, 0.25) is 5.91 Å². The van der Waals surface area contributed by atoms with E-state index < -0.39 is 0 Å². The number of carbonyl (C=O) groups is 1. The van der Waals surface area contributed by atoms with Gasteiger partial charge in [-0.25, -0.2) is 4.79 Å². The molecule has 1 aliphatic heterocycles. The van der Waals surface area contributed by atoms with E-state index in [-0.39, 0.29) is 17.5 Å². The molecule has 23 heavy (non-hydrogen) atoms. The highest BCUT2D eigenvalue weighted by atomic mass is 16.2. The highest BCUT2D eigenvalue weighted by molar-refractivity contribution is 5.79. The standard InChI is InChI=1S/C16H19N5O2/c22-15(12-3-1-2-4-12)19-9-10-20-14(11-19)18-21(16(20)23)13-5-7-17-8-6-13/h5-8,12H,1-4,9-11H2. The number of pyridine rings is 1. The van der Waals surface area contributed by atoms with Gasteiger partial charge in [0, 0.05) is 31.4 Å². The maximum atomic E-state index is 12.6. The maximum absolute atomic E-state index is 12.6. The van der Waals surface area contributed by atoms with Gasteiger partial charge in [0.25, 0.3) is 0 Å². The van der Waals surface area contributed by atoms with Crippen LogP contribution in [0.2, 0.25) is 0 Å². The van der Waals surface area contributed by atoms with Crippen molar-refractivity contribution < 1.29 is 4.79 Å². The molecule has 1 fully saturated rings. The highest BCUT2D eigenvalue weighted by Gasteiger charge is 2.31. The summed E-state index contributed by atoms with van der Waals surface area (Å²) in [5, 5.41) is 4.43. The minimum absolute atomic E-state index is 0.154. The molecule has 1 saturated carbocycles. The van der Waals surface area contributed by atoms with Gasteiger partial charge in [-0.3, -0.25) is 14.3 Å². The lowest BCUT2D eigenvalue weighted by atomic mass is 10.1. The first-order valence-electron chi connectivity index (χ1n) is 8.12. The number of nitrogens with zero attached hydrogens (tertiary/aromatic N) is 5. The van der Waals surface area contributed by atoms with Crippen LogP contribution in [0.25, 0.3) is 5.69 Å². The van der Waals surface area contributed by atoms with Crippen LogP contribution in [0, 0.1) is 5.92 Å². The summed E-state index contributed by atoms with van der Waals surface area (Å²) in [5.41, 5.74) is 0.541. The molecule has 4 rings (SSSR count). The first-order valence-corrected chi connectivity index (χ1v) is 8.12. The lowest BCUT2D eigenvalue weighted by molar-refractivity contribution is -0.136. The van der Waals surface area contributed by atoms with Gasteiger partial charge in [-0.15, -0.1) is 5.10 Å². The molecule has 120 valence electrons. The average Bonchev–Trinajstić information content (AvgIpc) is 3.23. The smallest absolute Gasteiger partial charge is 0.333 e. The Balaban J connectivity index is 1.60. The van der Waals surface area contributed by atoms with Gasteiger partial charge in [0.05, 0.1) is 12.2 Å². The molecule has 0 N–H and O–H groups in total. The normalized spacial score (nSPS) is 18.2. The second-order valence-corrected chi connectivity index (χ2v) is 6.21. The fourth-order valence-corrected chi connectivity index (χ4v) is 3.52. The summed E-state index contributed by atoms with van der Waals surface area (Å²) in [6.07, 6.45) is 7.55. The number of amides is 1. The van der Waals surface area contributed by atoms with Crippen molar-refractivity contribution in [3.63, 3.8) is 0 Å². The number of carbonyl (C=O) groups excluding carboxylic acids is 1. The van der Waals surface area contributed by atoms with Crippen molar-refractivity contribution in [2.75, 3.05) is 6.54 Å². The molecule has 0 aromatic carbocycles. The average molecular weight is 313 g/mol. The molecule has 2 aliphatic rings. The van der Waals surface area contributed by atoms with Gasteiger partial charge in [0.1, 0.15) is 0 Å². The number of fused-ring (bicyclic) bond motifs is 1. The van der Waals surface area contributed by atoms with E-state index in [1.165, 1.54) is 4.68 Å². The van der Waals surface area contributed by atoms with Crippen molar-refractivity contribution in [1.82, 2.24) is 24.2 Å². The summed E-state index contributed by atoms with van der Waals surface area (Å²) < 4.78 is 3.05. The van der Waals surface area contributed by atoms with Gasteiger partial charge < -0.3 is 4.90 Å². The lowest BCUT2D eigenvalue weighted by Gasteiger charge is -2.28. The zero-order chi connectivity index (χ0) is 15.8. The van der Waals surface area contributed by atoms with Crippen LogP contribution in [0.3, 0.4) is 0 Å². The predicted octanol–water partition coefficient (Wildman–Crippen LogP) is 0.961. The molecule has 0 radical (unpaired) electrons. The third kappa shape index (κ3) is 2.46. The fourth-order valence-electron chi connectivity index (χ4n) is 3.52. The number of aromatic nitrogens is 4. The fraction of sp³-hybridized carbons (Fsp3) is 0.500. The Morgan fingerprint density at radius 3 is 2.61 bits per heavy atom. The minimum atomic E-state index is -0.154. The molecule has 0 atom stereocenters. The van der Waals surface area contributed by atoms with E-state index in [1.54, 1.807) is 29.1 Å². The van der Waals surface area contributed by atoms with Crippen LogP contribution in [-0.4, -0.2) is 36.7 Å². The van der Waals surface area contributed by atoms with Crippen LogP contribution in [0.1, 0.15) is 31.5 Å². The van der Waals surface area contributed by atoms with Gasteiger partial charge in [0.15, 0.2) is 5.82 Å². The third-order valence-corrected chi connectivity index (χ3v) is 4.79. The molecule has 2 aromatic rings. The Morgan fingerprint density at radius 2 is 1.87 bits per heavy atom. The number of rotatable bonds is 2. The van der Waals surface area contributed by atoms with Gasteiger partial charge >= 0.3 is 5.69 Å². The maximum Gasteiger partial charge on any atom is 0.350 e. The molecule has 7 nitrogen and oxygen atoms in total. The Kier molecular flexibility index (Phi) is 3.48. The molecule has 0 spiro atoms. The van der Waals surface area contributed by atoms with E-state index in [0.717, 1.165) is 25.7 Å². The summed E-state index contributed by atoms with van der Waals surface area (Å²) in [7, 11) is 0. The van der Waals surface area contributed by atoms with E-state index in [4.69, 9.17) is 0 Å². The lowest BCUT2D eigenvalue weighted by Crippen LogP contribution is -2.43. The summed E-state index contributed by atoms with van der Waals surface area (Å²) in [4.78, 5) is 30.9. The summed E-state index contributed by atoms with van der Waals surface area (Å²) >= 11 is 0. The Hall–Kier alpha value is -2.44. The molecule has 0 unspecified atom stereocenters. The second kappa shape index (κ2) is 5.64. The van der Waals surface area contributed by atoms with Gasteiger partial charge in [-0.1, -0.05) is 12.8 Å². The Bertz CT molecular complexity index is 774. The molecular weight excluding hydrogens is 294 g/mol. The first kappa shape index (κ1) is 14.2. The third-order valence-electron chi connectivity index (χ3n) is 4.79. The SMILES string of the molecule is O=C(C1CCCC1)N1CCn2c(nn(-c3ccncc3)c2=O)C1. The molecule has 7 heteroatoms. The van der Waals surface area contributed by atoms with E-state index in [1.807, 2.05) is 4.90 Å². The van der Waals surface area contributed by atoms with Crippen LogP contribution in [0.4, 0.5) is 0 Å². The van der Waals surface area contributed by atoms with Crippen molar-refractivity contribution in [1.29, 1.82) is 0 Å². The molecular formula is C16H19N5O2. The van der Waals surface area contributed by atoms with Gasteiger partial charge in [-0.2, -0.15) is 4.68 Å². The quantitative estimate of drug-likeness (QED) is 0.828. The van der Waals surface area contributed by atoms with E-state index >= 15 is 0 Å². The largest absolute Gasteiger partial charge is 0.350 e. The zero-order valence-electron chi connectivity index (χ0n) is 12.9. The minimum Gasteiger partial charge on any atom is -0.333 e. The summed E-state index contributed by atoms with van der Waals surface area (Å²) in [6.45, 7) is 1.52. The van der Waals surface area contributed by atoms with Crippen molar-refractivity contribution >= 4 is 5.91 Å². The predicted molar refractivity (Wildman–Crippen MR) is 83.0 cm³/mol.